The van der Waals surface area contributed by atoms with Crippen LogP contribution in [0.1, 0.15) is 18.9 Å². The van der Waals surface area contributed by atoms with Crippen LogP contribution in [0.25, 0.3) is 0 Å². The quantitative estimate of drug-likeness (QED) is 0.878. The number of hydrogen-bond donors (Lipinski definition) is 2. The molecule has 1 heterocycles. The van der Waals surface area contributed by atoms with Crippen LogP contribution < -0.4 is 5.32 Å². The lowest BCUT2D eigenvalue weighted by molar-refractivity contribution is -0.152. The van der Waals surface area contributed by atoms with E-state index in [4.69, 9.17) is 4.74 Å². The van der Waals surface area contributed by atoms with Crippen molar-refractivity contribution in [2.24, 2.45) is 0 Å². The topological polar surface area (TPSA) is 78.9 Å². The SMILES string of the molecule is CC[C@@]1(C(=O)O)CNCCN1C(=O)OCc1ccccc1. The monoisotopic (exact) mass is 292 g/mol. The van der Waals surface area contributed by atoms with Gasteiger partial charge in [-0.25, -0.2) is 9.59 Å². The highest BCUT2D eigenvalue weighted by Gasteiger charge is 2.47. The van der Waals surface area contributed by atoms with Gasteiger partial charge in [0.05, 0.1) is 0 Å². The molecule has 0 radical (unpaired) electrons. The van der Waals surface area contributed by atoms with Crippen LogP contribution in [0, 0.1) is 0 Å². The van der Waals surface area contributed by atoms with Crippen molar-refractivity contribution in [3.63, 3.8) is 0 Å². The smallest absolute Gasteiger partial charge is 0.411 e. The van der Waals surface area contributed by atoms with Gasteiger partial charge in [0.15, 0.2) is 5.54 Å². The molecule has 1 saturated heterocycles. The first-order valence-corrected chi connectivity index (χ1v) is 7.02. The number of nitrogens with zero attached hydrogens (tertiary/aromatic N) is 1. The lowest BCUT2D eigenvalue weighted by Crippen LogP contribution is -2.66. The van der Waals surface area contributed by atoms with Gasteiger partial charge in [-0.15, -0.1) is 0 Å². The number of aliphatic carboxylic acids is 1. The number of piperazine rings is 1. The fourth-order valence-corrected chi connectivity index (χ4v) is 2.52. The number of carboxylic acids is 1. The summed E-state index contributed by atoms with van der Waals surface area (Å²) < 4.78 is 5.27. The van der Waals surface area contributed by atoms with E-state index in [-0.39, 0.29) is 13.2 Å². The summed E-state index contributed by atoms with van der Waals surface area (Å²) in [6, 6.07) is 9.32. The van der Waals surface area contributed by atoms with E-state index in [1.807, 2.05) is 30.3 Å². The van der Waals surface area contributed by atoms with E-state index in [0.29, 0.717) is 19.5 Å². The lowest BCUT2D eigenvalue weighted by Gasteiger charge is -2.42. The summed E-state index contributed by atoms with van der Waals surface area (Å²) in [5.74, 6) is -1.01. The van der Waals surface area contributed by atoms with E-state index < -0.39 is 17.6 Å². The zero-order chi connectivity index (χ0) is 15.3. The Bertz CT molecular complexity index is 506. The highest BCUT2D eigenvalue weighted by atomic mass is 16.6. The summed E-state index contributed by atoms with van der Waals surface area (Å²) in [4.78, 5) is 25.2. The van der Waals surface area contributed by atoms with Crippen LogP contribution in [0.15, 0.2) is 30.3 Å². The number of carbonyl (C=O) groups is 2. The van der Waals surface area contributed by atoms with E-state index in [0.717, 1.165) is 5.56 Å². The number of carbonyl (C=O) groups excluding carboxylic acids is 1. The van der Waals surface area contributed by atoms with Gasteiger partial charge in [-0.05, 0) is 12.0 Å². The number of ether oxygens (including phenoxy) is 1. The highest BCUT2D eigenvalue weighted by Crippen LogP contribution is 2.23. The molecule has 6 nitrogen and oxygen atoms in total. The Morgan fingerprint density at radius 1 is 1.38 bits per heavy atom. The summed E-state index contributed by atoms with van der Waals surface area (Å²) >= 11 is 0. The molecule has 1 aromatic carbocycles. The third kappa shape index (κ3) is 3.16. The van der Waals surface area contributed by atoms with Crippen molar-refractivity contribution in [1.29, 1.82) is 0 Å². The van der Waals surface area contributed by atoms with Crippen molar-refractivity contribution in [2.75, 3.05) is 19.6 Å². The maximum absolute atomic E-state index is 12.3. The Morgan fingerprint density at radius 2 is 2.10 bits per heavy atom. The molecule has 2 rings (SSSR count). The molecule has 0 saturated carbocycles. The zero-order valence-electron chi connectivity index (χ0n) is 12.0. The second kappa shape index (κ2) is 6.58. The first-order valence-electron chi connectivity index (χ1n) is 7.02. The van der Waals surface area contributed by atoms with Crippen molar-refractivity contribution in [1.82, 2.24) is 10.2 Å². The summed E-state index contributed by atoms with van der Waals surface area (Å²) in [6.07, 6.45) is -0.250. The predicted molar refractivity (Wildman–Crippen MR) is 76.9 cm³/mol. The van der Waals surface area contributed by atoms with Crippen LogP contribution in [-0.4, -0.2) is 47.2 Å². The van der Waals surface area contributed by atoms with Crippen LogP contribution in [0.2, 0.25) is 0 Å². The lowest BCUT2D eigenvalue weighted by atomic mass is 9.92. The molecule has 21 heavy (non-hydrogen) atoms. The molecule has 2 N–H and O–H groups in total. The molecule has 1 atom stereocenters. The highest BCUT2D eigenvalue weighted by molar-refractivity contribution is 5.85. The molecule has 1 aliphatic heterocycles. The Morgan fingerprint density at radius 3 is 2.71 bits per heavy atom. The van der Waals surface area contributed by atoms with Crippen LogP contribution in [-0.2, 0) is 16.1 Å². The second-order valence-electron chi connectivity index (χ2n) is 5.06. The standard InChI is InChI=1S/C15H20N2O4/c1-2-15(13(18)19)11-16-8-9-17(15)14(20)21-10-12-6-4-3-5-7-12/h3-7,16H,2,8-11H2,1H3,(H,18,19)/t15-/m0/s1. The summed E-state index contributed by atoms with van der Waals surface area (Å²) in [5, 5.41) is 12.5. The van der Waals surface area contributed by atoms with Gasteiger partial charge < -0.3 is 15.2 Å². The van der Waals surface area contributed by atoms with E-state index in [9.17, 15) is 14.7 Å². The predicted octanol–water partition coefficient (Wildman–Crippen LogP) is 1.46. The minimum absolute atomic E-state index is 0.142. The maximum atomic E-state index is 12.3. The summed E-state index contributed by atoms with van der Waals surface area (Å²) in [6.45, 7) is 3.03. The van der Waals surface area contributed by atoms with Crippen molar-refractivity contribution in [3.8, 4) is 0 Å². The summed E-state index contributed by atoms with van der Waals surface area (Å²) in [5.41, 5.74) is -0.357. The Hall–Kier alpha value is -2.08. The maximum Gasteiger partial charge on any atom is 0.411 e. The fourth-order valence-electron chi connectivity index (χ4n) is 2.52. The van der Waals surface area contributed by atoms with Crippen molar-refractivity contribution in [3.05, 3.63) is 35.9 Å². The first-order chi connectivity index (χ1) is 10.1. The number of rotatable bonds is 4. The number of benzene rings is 1. The third-order valence-corrected chi connectivity index (χ3v) is 3.85. The minimum atomic E-state index is -1.23. The molecule has 0 spiro atoms. The van der Waals surface area contributed by atoms with E-state index in [1.54, 1.807) is 6.92 Å². The van der Waals surface area contributed by atoms with E-state index in [2.05, 4.69) is 5.32 Å². The van der Waals surface area contributed by atoms with Crippen molar-refractivity contribution < 1.29 is 19.4 Å². The van der Waals surface area contributed by atoms with Gasteiger partial charge in [0.25, 0.3) is 0 Å². The number of carboxylic acid groups (broad SMARTS) is 1. The molecular formula is C15H20N2O4. The molecule has 0 aliphatic carbocycles. The van der Waals surface area contributed by atoms with Crippen molar-refractivity contribution >= 4 is 12.1 Å². The number of nitrogens with one attached hydrogen (secondary N) is 1. The van der Waals surface area contributed by atoms with Crippen LogP contribution in [0.5, 0.6) is 0 Å². The average Bonchev–Trinajstić information content (AvgIpc) is 2.53. The molecule has 1 fully saturated rings. The minimum Gasteiger partial charge on any atom is -0.479 e. The molecule has 0 aromatic heterocycles. The van der Waals surface area contributed by atoms with Crippen molar-refractivity contribution in [2.45, 2.75) is 25.5 Å². The molecule has 1 aromatic rings. The third-order valence-electron chi connectivity index (χ3n) is 3.85. The number of amides is 1. The van der Waals surface area contributed by atoms with Gasteiger partial charge in [-0.1, -0.05) is 37.3 Å². The molecule has 114 valence electrons. The van der Waals surface area contributed by atoms with Gasteiger partial charge in [0, 0.05) is 19.6 Å². The average molecular weight is 292 g/mol. The Labute approximate surface area is 123 Å². The first kappa shape index (κ1) is 15.3. The van der Waals surface area contributed by atoms with Crippen LogP contribution in [0.4, 0.5) is 4.79 Å². The van der Waals surface area contributed by atoms with E-state index >= 15 is 0 Å². The second-order valence-corrected chi connectivity index (χ2v) is 5.06. The number of hydrogen-bond acceptors (Lipinski definition) is 4. The molecule has 0 bridgehead atoms. The molecule has 1 aliphatic rings. The van der Waals surface area contributed by atoms with Gasteiger partial charge in [-0.2, -0.15) is 0 Å². The van der Waals surface area contributed by atoms with Crippen LogP contribution >= 0.6 is 0 Å². The summed E-state index contributed by atoms with van der Waals surface area (Å²) in [7, 11) is 0. The van der Waals surface area contributed by atoms with Gasteiger partial charge in [0.2, 0.25) is 0 Å². The largest absolute Gasteiger partial charge is 0.479 e. The van der Waals surface area contributed by atoms with Gasteiger partial charge in [-0.3, -0.25) is 4.90 Å². The molecule has 6 heteroatoms. The molecule has 1 amide bonds. The fraction of sp³-hybridized carbons (Fsp3) is 0.467. The Kier molecular flexibility index (Phi) is 4.80. The normalized spacial score (nSPS) is 21.9. The van der Waals surface area contributed by atoms with E-state index in [1.165, 1.54) is 4.90 Å². The van der Waals surface area contributed by atoms with Gasteiger partial charge >= 0.3 is 12.1 Å². The molecular weight excluding hydrogens is 272 g/mol. The zero-order valence-corrected chi connectivity index (χ0v) is 12.0. The molecule has 0 unspecified atom stereocenters. The Balaban J connectivity index is 2.07. The van der Waals surface area contributed by atoms with Crippen LogP contribution in [0.3, 0.4) is 0 Å². The van der Waals surface area contributed by atoms with Gasteiger partial charge in [0.1, 0.15) is 6.61 Å².